The fraction of sp³-hybridized carbons (Fsp3) is 0.200. The lowest BCUT2D eigenvalue weighted by molar-refractivity contribution is -0.139. The van der Waals surface area contributed by atoms with Gasteiger partial charge in [0.2, 0.25) is 5.88 Å². The van der Waals surface area contributed by atoms with E-state index in [9.17, 15) is 9.18 Å². The quantitative estimate of drug-likeness (QED) is 0.850. The molecule has 0 spiro atoms. The predicted octanol–water partition coefficient (Wildman–Crippen LogP) is 1.18. The first-order chi connectivity index (χ1) is 7.58. The number of carboxylic acid groups (broad SMARTS) is 1. The van der Waals surface area contributed by atoms with Gasteiger partial charge < -0.3 is 9.84 Å². The first kappa shape index (κ1) is 10.4. The van der Waals surface area contributed by atoms with Crippen LogP contribution in [-0.4, -0.2) is 27.5 Å². The Bertz CT molecular complexity index is 550. The molecule has 0 aliphatic heterocycles. The second-order valence-electron chi connectivity index (χ2n) is 3.27. The molecule has 84 valence electrons. The highest BCUT2D eigenvalue weighted by Crippen LogP contribution is 2.24. The number of hydrogen-bond donors (Lipinski definition) is 1. The molecule has 0 radical (unpaired) electrons. The number of nitrogens with zero attached hydrogens (tertiary/aromatic N) is 2. The summed E-state index contributed by atoms with van der Waals surface area (Å²) in [5, 5.41) is 13.0. The topological polar surface area (TPSA) is 64.4 Å². The Morgan fingerprint density at radius 2 is 2.38 bits per heavy atom. The lowest BCUT2D eigenvalue weighted by atomic mass is 10.2. The summed E-state index contributed by atoms with van der Waals surface area (Å²) < 4.78 is 19.4. The molecule has 1 aromatic carbocycles. The van der Waals surface area contributed by atoms with E-state index in [-0.39, 0.29) is 11.7 Å². The number of rotatable bonds is 3. The second-order valence-corrected chi connectivity index (χ2v) is 3.27. The predicted molar refractivity (Wildman–Crippen MR) is 53.8 cm³/mol. The van der Waals surface area contributed by atoms with Gasteiger partial charge in [-0.2, -0.15) is 0 Å². The number of benzene rings is 1. The fourth-order valence-corrected chi connectivity index (χ4v) is 1.43. The molecule has 0 aliphatic carbocycles. The fourth-order valence-electron chi connectivity index (χ4n) is 1.43. The number of carboxylic acids is 1. The molecule has 2 rings (SSSR count). The zero-order valence-electron chi connectivity index (χ0n) is 8.48. The molecule has 6 heteroatoms. The third-order valence-electron chi connectivity index (χ3n) is 2.11. The Morgan fingerprint density at radius 3 is 3.06 bits per heavy atom. The van der Waals surface area contributed by atoms with E-state index in [0.717, 1.165) is 0 Å². The molecule has 1 heterocycles. The minimum atomic E-state index is -1.08. The van der Waals surface area contributed by atoms with E-state index < -0.39 is 12.6 Å². The van der Waals surface area contributed by atoms with Crippen LogP contribution in [0.2, 0.25) is 0 Å². The van der Waals surface area contributed by atoms with E-state index in [1.165, 1.54) is 22.9 Å². The van der Waals surface area contributed by atoms with E-state index in [0.29, 0.717) is 10.9 Å². The highest BCUT2D eigenvalue weighted by Gasteiger charge is 2.11. The van der Waals surface area contributed by atoms with E-state index in [1.807, 2.05) is 0 Å². The summed E-state index contributed by atoms with van der Waals surface area (Å²) in [6, 6.07) is 4.10. The number of hydrogen-bond acceptors (Lipinski definition) is 3. The Labute approximate surface area is 90.0 Å². The van der Waals surface area contributed by atoms with Crippen LogP contribution in [0.5, 0.6) is 5.88 Å². The van der Waals surface area contributed by atoms with Gasteiger partial charge in [0.15, 0.2) is 6.61 Å². The zero-order valence-corrected chi connectivity index (χ0v) is 8.48. The van der Waals surface area contributed by atoms with Gasteiger partial charge in [-0.15, -0.1) is 5.10 Å². The van der Waals surface area contributed by atoms with Gasteiger partial charge >= 0.3 is 5.97 Å². The maximum atomic E-state index is 13.0. The third-order valence-corrected chi connectivity index (χ3v) is 2.11. The molecule has 0 aliphatic rings. The first-order valence-corrected chi connectivity index (χ1v) is 4.55. The van der Waals surface area contributed by atoms with Crippen molar-refractivity contribution in [2.45, 2.75) is 0 Å². The Kier molecular flexibility index (Phi) is 2.47. The highest BCUT2D eigenvalue weighted by molar-refractivity contribution is 5.84. The minimum Gasteiger partial charge on any atom is -0.479 e. The van der Waals surface area contributed by atoms with Gasteiger partial charge in [-0.25, -0.2) is 9.18 Å². The van der Waals surface area contributed by atoms with Crippen molar-refractivity contribution in [1.82, 2.24) is 9.78 Å². The van der Waals surface area contributed by atoms with Crippen LogP contribution in [0.25, 0.3) is 10.9 Å². The van der Waals surface area contributed by atoms with E-state index in [4.69, 9.17) is 9.84 Å². The molecular weight excluding hydrogens is 215 g/mol. The van der Waals surface area contributed by atoms with Crippen molar-refractivity contribution in [2.75, 3.05) is 6.61 Å². The summed E-state index contributed by atoms with van der Waals surface area (Å²) in [6.07, 6.45) is 0. The van der Waals surface area contributed by atoms with E-state index in [2.05, 4.69) is 5.10 Å². The average Bonchev–Trinajstić information content (AvgIpc) is 2.53. The summed E-state index contributed by atoms with van der Waals surface area (Å²) in [5.74, 6) is -1.26. The number of carbonyl (C=O) groups is 1. The SMILES string of the molecule is Cn1nc(OCC(=O)O)c2ccc(F)cc21. The van der Waals surface area contributed by atoms with E-state index >= 15 is 0 Å². The average molecular weight is 224 g/mol. The zero-order chi connectivity index (χ0) is 11.7. The molecule has 5 nitrogen and oxygen atoms in total. The molecule has 0 saturated carbocycles. The minimum absolute atomic E-state index is 0.194. The molecule has 0 saturated heterocycles. The Morgan fingerprint density at radius 1 is 1.62 bits per heavy atom. The molecule has 16 heavy (non-hydrogen) atoms. The van der Waals surface area contributed by atoms with Crippen molar-refractivity contribution in [2.24, 2.45) is 7.05 Å². The van der Waals surface area contributed by atoms with Crippen molar-refractivity contribution in [3.8, 4) is 5.88 Å². The van der Waals surface area contributed by atoms with Crippen molar-refractivity contribution in [1.29, 1.82) is 0 Å². The van der Waals surface area contributed by atoms with Gasteiger partial charge in [-0.1, -0.05) is 0 Å². The maximum Gasteiger partial charge on any atom is 0.341 e. The molecule has 1 aromatic heterocycles. The standard InChI is InChI=1S/C10H9FN2O3/c1-13-8-4-6(11)2-3-7(8)10(12-13)16-5-9(14)15/h2-4H,5H2,1H3,(H,14,15). The number of aromatic nitrogens is 2. The molecule has 0 bridgehead atoms. The monoisotopic (exact) mass is 224 g/mol. The smallest absolute Gasteiger partial charge is 0.341 e. The molecule has 0 fully saturated rings. The van der Waals surface area contributed by atoms with Crippen molar-refractivity contribution < 1.29 is 19.0 Å². The van der Waals surface area contributed by atoms with E-state index in [1.54, 1.807) is 7.05 Å². The lowest BCUT2D eigenvalue weighted by Gasteiger charge is -1.97. The van der Waals surface area contributed by atoms with Crippen LogP contribution in [0.4, 0.5) is 4.39 Å². The van der Waals surface area contributed by atoms with Gasteiger partial charge in [0.1, 0.15) is 5.82 Å². The number of aliphatic carboxylic acids is 1. The number of ether oxygens (including phenoxy) is 1. The van der Waals surface area contributed by atoms with Crippen LogP contribution in [-0.2, 0) is 11.8 Å². The van der Waals surface area contributed by atoms with Gasteiger partial charge in [0.05, 0.1) is 10.9 Å². The van der Waals surface area contributed by atoms with Crippen LogP contribution in [0.3, 0.4) is 0 Å². The third kappa shape index (κ3) is 1.81. The van der Waals surface area contributed by atoms with Gasteiger partial charge in [0, 0.05) is 7.05 Å². The van der Waals surface area contributed by atoms with Crippen LogP contribution in [0, 0.1) is 5.82 Å². The number of fused-ring (bicyclic) bond motifs is 1. The normalized spacial score (nSPS) is 10.6. The molecule has 0 amide bonds. The summed E-state index contributed by atoms with van der Waals surface area (Å²) in [4.78, 5) is 10.4. The second kappa shape index (κ2) is 3.80. The summed E-state index contributed by atoms with van der Waals surface area (Å²) >= 11 is 0. The number of aryl methyl sites for hydroxylation is 1. The van der Waals surface area contributed by atoms with Crippen LogP contribution in [0.1, 0.15) is 0 Å². The Hall–Kier alpha value is -2.11. The van der Waals surface area contributed by atoms with Crippen LogP contribution in [0.15, 0.2) is 18.2 Å². The molecule has 1 N–H and O–H groups in total. The van der Waals surface area contributed by atoms with Crippen LogP contribution >= 0.6 is 0 Å². The van der Waals surface area contributed by atoms with Crippen molar-refractivity contribution in [3.63, 3.8) is 0 Å². The lowest BCUT2D eigenvalue weighted by Crippen LogP contribution is -2.09. The molecule has 0 atom stereocenters. The van der Waals surface area contributed by atoms with Crippen molar-refractivity contribution in [3.05, 3.63) is 24.0 Å². The summed E-state index contributed by atoms with van der Waals surface area (Å²) in [5.41, 5.74) is 0.556. The molecule has 2 aromatic rings. The van der Waals surface area contributed by atoms with Crippen molar-refractivity contribution >= 4 is 16.9 Å². The molecule has 0 unspecified atom stereocenters. The number of halogens is 1. The highest BCUT2D eigenvalue weighted by atomic mass is 19.1. The summed E-state index contributed by atoms with van der Waals surface area (Å²) in [6.45, 7) is -0.469. The van der Waals surface area contributed by atoms with Crippen LogP contribution < -0.4 is 4.74 Å². The van der Waals surface area contributed by atoms with Gasteiger partial charge in [-0.3, -0.25) is 4.68 Å². The van der Waals surface area contributed by atoms with Gasteiger partial charge in [-0.05, 0) is 18.2 Å². The molecular formula is C10H9FN2O3. The largest absolute Gasteiger partial charge is 0.479 e. The first-order valence-electron chi connectivity index (χ1n) is 4.55. The maximum absolute atomic E-state index is 13.0. The van der Waals surface area contributed by atoms with Gasteiger partial charge in [0.25, 0.3) is 0 Å². The Balaban J connectivity index is 2.43. The summed E-state index contributed by atoms with van der Waals surface area (Å²) in [7, 11) is 1.63.